The van der Waals surface area contributed by atoms with Crippen LogP contribution in [0.5, 0.6) is 5.75 Å². The fraction of sp³-hybridized carbons (Fsp3) is 0.250. The molecular formula is C16H16FNO3S. The summed E-state index contributed by atoms with van der Waals surface area (Å²) >= 11 is 0. The Morgan fingerprint density at radius 3 is 2.82 bits per heavy atom. The third-order valence-electron chi connectivity index (χ3n) is 3.67. The smallest absolute Gasteiger partial charge is 0.240 e. The third kappa shape index (κ3) is 2.98. The maximum atomic E-state index is 13.5. The number of rotatable bonds is 4. The van der Waals surface area contributed by atoms with Crippen molar-refractivity contribution in [2.75, 3.05) is 6.61 Å². The largest absolute Gasteiger partial charge is 0.493 e. The molecule has 2 aromatic carbocycles. The van der Waals surface area contributed by atoms with E-state index in [4.69, 9.17) is 4.74 Å². The Kier molecular flexibility index (Phi) is 3.88. The minimum atomic E-state index is -3.63. The highest BCUT2D eigenvalue weighted by Crippen LogP contribution is 2.27. The summed E-state index contributed by atoms with van der Waals surface area (Å²) in [5.74, 6) is 0.394. The van der Waals surface area contributed by atoms with Crippen molar-refractivity contribution >= 4 is 10.0 Å². The molecule has 116 valence electrons. The van der Waals surface area contributed by atoms with E-state index in [1.165, 1.54) is 12.1 Å². The van der Waals surface area contributed by atoms with Gasteiger partial charge in [0.25, 0.3) is 0 Å². The van der Waals surface area contributed by atoms with Crippen LogP contribution in [-0.2, 0) is 23.0 Å². The quantitative estimate of drug-likeness (QED) is 0.941. The van der Waals surface area contributed by atoms with E-state index in [2.05, 4.69) is 4.72 Å². The summed E-state index contributed by atoms with van der Waals surface area (Å²) in [5, 5.41) is 0. The van der Waals surface area contributed by atoms with Gasteiger partial charge in [0.15, 0.2) is 0 Å². The van der Waals surface area contributed by atoms with Gasteiger partial charge < -0.3 is 4.74 Å². The van der Waals surface area contributed by atoms with E-state index in [9.17, 15) is 12.8 Å². The average molecular weight is 321 g/mol. The molecule has 1 N–H and O–H groups in total. The van der Waals surface area contributed by atoms with Gasteiger partial charge in [-0.2, -0.15) is 0 Å². The molecule has 0 radical (unpaired) electrons. The Morgan fingerprint density at radius 1 is 1.23 bits per heavy atom. The van der Waals surface area contributed by atoms with E-state index in [0.717, 1.165) is 11.3 Å². The van der Waals surface area contributed by atoms with Gasteiger partial charge in [0, 0.05) is 13.0 Å². The summed E-state index contributed by atoms with van der Waals surface area (Å²) in [6.45, 7) is 2.29. The molecule has 1 aliphatic rings. The zero-order chi connectivity index (χ0) is 15.7. The standard InChI is InChI=1S/C16H16FNO3S/c1-11-2-3-12(8-15(11)17)10-18-22(19,20)14-4-5-16-13(9-14)6-7-21-16/h2-5,8-9,18H,6-7,10H2,1H3. The zero-order valence-corrected chi connectivity index (χ0v) is 12.9. The van der Waals surface area contributed by atoms with Gasteiger partial charge in [-0.3, -0.25) is 0 Å². The van der Waals surface area contributed by atoms with E-state index < -0.39 is 10.0 Å². The van der Waals surface area contributed by atoms with Crippen LogP contribution in [-0.4, -0.2) is 15.0 Å². The number of sulfonamides is 1. The molecule has 1 aliphatic heterocycles. The molecule has 0 saturated carbocycles. The minimum Gasteiger partial charge on any atom is -0.493 e. The van der Waals surface area contributed by atoms with E-state index >= 15 is 0 Å². The van der Waals surface area contributed by atoms with Crippen LogP contribution in [0, 0.1) is 12.7 Å². The highest BCUT2D eigenvalue weighted by Gasteiger charge is 2.19. The van der Waals surface area contributed by atoms with Gasteiger partial charge in [0.05, 0.1) is 11.5 Å². The Balaban J connectivity index is 1.77. The van der Waals surface area contributed by atoms with Gasteiger partial charge in [-0.15, -0.1) is 0 Å². The van der Waals surface area contributed by atoms with Crippen molar-refractivity contribution in [3.63, 3.8) is 0 Å². The first kappa shape index (κ1) is 15.0. The molecule has 2 aromatic rings. The van der Waals surface area contributed by atoms with Gasteiger partial charge in [-0.05, 0) is 47.9 Å². The van der Waals surface area contributed by atoms with Crippen LogP contribution in [0.15, 0.2) is 41.3 Å². The SMILES string of the molecule is Cc1ccc(CNS(=O)(=O)c2ccc3c(c2)CCO3)cc1F. The van der Waals surface area contributed by atoms with Crippen molar-refractivity contribution in [3.8, 4) is 5.75 Å². The molecule has 0 spiro atoms. The second-order valence-electron chi connectivity index (χ2n) is 5.28. The minimum absolute atomic E-state index is 0.0487. The molecule has 3 rings (SSSR count). The van der Waals surface area contributed by atoms with Gasteiger partial charge in [0.2, 0.25) is 10.0 Å². The summed E-state index contributed by atoms with van der Waals surface area (Å²) in [5.41, 5.74) is 2.01. The van der Waals surface area contributed by atoms with Gasteiger partial charge in [-0.25, -0.2) is 17.5 Å². The molecule has 22 heavy (non-hydrogen) atoms. The molecule has 4 nitrogen and oxygen atoms in total. The lowest BCUT2D eigenvalue weighted by atomic mass is 10.1. The van der Waals surface area contributed by atoms with Crippen molar-refractivity contribution < 1.29 is 17.5 Å². The number of benzene rings is 2. The fourth-order valence-corrected chi connectivity index (χ4v) is 3.41. The first-order valence-corrected chi connectivity index (χ1v) is 8.44. The van der Waals surface area contributed by atoms with Crippen molar-refractivity contribution in [1.82, 2.24) is 4.72 Å². The van der Waals surface area contributed by atoms with Crippen LogP contribution in [0.25, 0.3) is 0 Å². The summed E-state index contributed by atoms with van der Waals surface area (Å²) in [6.07, 6.45) is 0.710. The van der Waals surface area contributed by atoms with E-state index in [-0.39, 0.29) is 17.3 Å². The normalized spacial score (nSPS) is 13.7. The first-order chi connectivity index (χ1) is 10.5. The second kappa shape index (κ2) is 5.70. The van der Waals surface area contributed by atoms with E-state index in [1.807, 2.05) is 0 Å². The monoisotopic (exact) mass is 321 g/mol. The lowest BCUT2D eigenvalue weighted by molar-refractivity contribution is 0.356. The van der Waals surface area contributed by atoms with Crippen LogP contribution < -0.4 is 9.46 Å². The van der Waals surface area contributed by atoms with Crippen LogP contribution in [0.2, 0.25) is 0 Å². The summed E-state index contributed by atoms with van der Waals surface area (Å²) in [6, 6.07) is 9.49. The molecule has 0 saturated heterocycles. The zero-order valence-electron chi connectivity index (χ0n) is 12.1. The lowest BCUT2D eigenvalue weighted by Crippen LogP contribution is -2.23. The number of aryl methyl sites for hydroxylation is 1. The van der Waals surface area contributed by atoms with Crippen molar-refractivity contribution in [1.29, 1.82) is 0 Å². The number of nitrogens with one attached hydrogen (secondary N) is 1. The third-order valence-corrected chi connectivity index (χ3v) is 5.07. The molecular weight excluding hydrogens is 305 g/mol. The van der Waals surface area contributed by atoms with Crippen molar-refractivity contribution in [2.24, 2.45) is 0 Å². The van der Waals surface area contributed by atoms with Crippen molar-refractivity contribution in [2.45, 2.75) is 24.8 Å². The number of ether oxygens (including phenoxy) is 1. The number of halogens is 1. The van der Waals surface area contributed by atoms with Crippen molar-refractivity contribution in [3.05, 3.63) is 58.9 Å². The Hall–Kier alpha value is -1.92. The molecule has 0 amide bonds. The van der Waals surface area contributed by atoms with Crippen LogP contribution in [0.4, 0.5) is 4.39 Å². The molecule has 1 heterocycles. The number of hydrogen-bond acceptors (Lipinski definition) is 3. The maximum Gasteiger partial charge on any atom is 0.240 e. The molecule has 0 fully saturated rings. The average Bonchev–Trinajstić information content (AvgIpc) is 2.96. The molecule has 0 aromatic heterocycles. The lowest BCUT2D eigenvalue weighted by Gasteiger charge is -2.09. The van der Waals surface area contributed by atoms with Crippen LogP contribution in [0.3, 0.4) is 0 Å². The Bertz CT molecular complexity index is 818. The predicted octanol–water partition coefficient (Wildman–Crippen LogP) is 2.55. The summed E-state index contributed by atoms with van der Waals surface area (Å²) in [7, 11) is -3.63. The maximum absolute atomic E-state index is 13.5. The van der Waals surface area contributed by atoms with Gasteiger partial charge >= 0.3 is 0 Å². The first-order valence-electron chi connectivity index (χ1n) is 6.96. The summed E-state index contributed by atoms with van der Waals surface area (Å²) in [4.78, 5) is 0.198. The highest BCUT2D eigenvalue weighted by atomic mass is 32.2. The van der Waals surface area contributed by atoms with E-state index in [1.54, 1.807) is 31.2 Å². The van der Waals surface area contributed by atoms with E-state index in [0.29, 0.717) is 24.2 Å². The number of fused-ring (bicyclic) bond motifs is 1. The Morgan fingerprint density at radius 2 is 2.05 bits per heavy atom. The van der Waals surface area contributed by atoms with Gasteiger partial charge in [-0.1, -0.05) is 12.1 Å². The molecule has 0 atom stereocenters. The molecule has 0 unspecified atom stereocenters. The topological polar surface area (TPSA) is 55.4 Å². The molecule has 0 bridgehead atoms. The predicted molar refractivity (Wildman–Crippen MR) is 80.8 cm³/mol. The molecule has 0 aliphatic carbocycles. The number of hydrogen-bond donors (Lipinski definition) is 1. The fourth-order valence-electron chi connectivity index (χ4n) is 2.34. The van der Waals surface area contributed by atoms with Gasteiger partial charge in [0.1, 0.15) is 11.6 Å². The molecule has 6 heteroatoms. The van der Waals surface area contributed by atoms with Crippen LogP contribution in [0.1, 0.15) is 16.7 Å². The second-order valence-corrected chi connectivity index (χ2v) is 7.04. The Labute approximate surface area is 129 Å². The van der Waals surface area contributed by atoms with Crippen LogP contribution >= 0.6 is 0 Å². The summed E-state index contributed by atoms with van der Waals surface area (Å²) < 4.78 is 46.0. The highest BCUT2D eigenvalue weighted by molar-refractivity contribution is 7.89.